The molecule has 3 aromatic rings. The number of fused-ring (bicyclic) bond motifs is 3. The number of amides is 1. The highest BCUT2D eigenvalue weighted by Crippen LogP contribution is 2.55. The topological polar surface area (TPSA) is 156 Å². The molecule has 3 aliphatic rings. The van der Waals surface area contributed by atoms with E-state index < -0.39 is 40.6 Å². The molecular formula is C28H24N2O10. The predicted octanol–water partition coefficient (Wildman–Crippen LogP) is 3.45. The predicted molar refractivity (Wildman–Crippen MR) is 137 cm³/mol. The first-order valence-corrected chi connectivity index (χ1v) is 12.4. The van der Waals surface area contributed by atoms with Crippen molar-refractivity contribution in [1.29, 1.82) is 0 Å². The molecule has 12 nitrogen and oxygen atoms in total. The second-order valence-corrected chi connectivity index (χ2v) is 9.66. The lowest BCUT2D eigenvalue weighted by Crippen LogP contribution is -2.42. The highest BCUT2D eigenvalue weighted by atomic mass is 16.7. The molecule has 0 spiro atoms. The largest absolute Gasteiger partial charge is 0.502 e. The smallest absolute Gasteiger partial charge is 0.310 e. The first-order chi connectivity index (χ1) is 19.3. The minimum atomic E-state index is -0.720. The number of ether oxygens (including phenoxy) is 5. The second kappa shape index (κ2) is 9.63. The normalized spacial score (nSPS) is 22.1. The molecule has 40 heavy (non-hydrogen) atoms. The van der Waals surface area contributed by atoms with E-state index in [-0.39, 0.29) is 41.9 Å². The van der Waals surface area contributed by atoms with Gasteiger partial charge in [-0.25, -0.2) is 0 Å². The molecule has 1 fully saturated rings. The van der Waals surface area contributed by atoms with Crippen LogP contribution in [0.15, 0.2) is 48.5 Å². The fourth-order valence-corrected chi connectivity index (χ4v) is 5.83. The third-order valence-corrected chi connectivity index (χ3v) is 7.65. The fraction of sp³-hybridized carbons (Fsp3) is 0.286. The summed E-state index contributed by atoms with van der Waals surface area (Å²) in [7, 11) is 2.83. The number of phenolic OH excluding ortho intramolecular Hbond substituents is 1. The highest BCUT2D eigenvalue weighted by Gasteiger charge is 2.53. The number of phenols is 1. The van der Waals surface area contributed by atoms with Crippen molar-refractivity contribution in [3.8, 4) is 28.7 Å². The maximum absolute atomic E-state index is 13.4. The Balaban J connectivity index is 1.50. The van der Waals surface area contributed by atoms with Crippen LogP contribution in [-0.2, 0) is 9.53 Å². The van der Waals surface area contributed by atoms with Gasteiger partial charge in [0.25, 0.3) is 11.6 Å². The van der Waals surface area contributed by atoms with Crippen molar-refractivity contribution in [2.75, 3.05) is 27.6 Å². The lowest BCUT2D eigenvalue weighted by atomic mass is 9.65. The minimum Gasteiger partial charge on any atom is -0.502 e. The van der Waals surface area contributed by atoms with Crippen LogP contribution in [0.1, 0.15) is 39.0 Å². The third-order valence-electron chi connectivity index (χ3n) is 7.65. The van der Waals surface area contributed by atoms with Crippen molar-refractivity contribution in [2.24, 2.45) is 11.8 Å². The van der Waals surface area contributed by atoms with Gasteiger partial charge in [-0.2, -0.15) is 0 Å². The van der Waals surface area contributed by atoms with Gasteiger partial charge in [-0.15, -0.1) is 0 Å². The molecule has 0 bridgehead atoms. The van der Waals surface area contributed by atoms with E-state index >= 15 is 0 Å². The first kappa shape index (κ1) is 25.3. The van der Waals surface area contributed by atoms with E-state index in [1.54, 1.807) is 24.3 Å². The maximum Gasteiger partial charge on any atom is 0.310 e. The number of nitro groups is 1. The van der Waals surface area contributed by atoms with Gasteiger partial charge < -0.3 is 34.1 Å². The van der Waals surface area contributed by atoms with E-state index in [4.69, 9.17) is 23.7 Å². The van der Waals surface area contributed by atoms with Crippen molar-refractivity contribution in [1.82, 2.24) is 5.32 Å². The molecule has 2 N–H and O–H groups in total. The molecule has 0 radical (unpaired) electrons. The van der Waals surface area contributed by atoms with Crippen molar-refractivity contribution >= 4 is 17.6 Å². The van der Waals surface area contributed by atoms with Crippen LogP contribution in [-0.4, -0.2) is 49.5 Å². The summed E-state index contributed by atoms with van der Waals surface area (Å²) < 4.78 is 27.5. The van der Waals surface area contributed by atoms with Gasteiger partial charge in [0.1, 0.15) is 0 Å². The summed E-state index contributed by atoms with van der Waals surface area (Å²) in [6, 6.07) is 11.6. The van der Waals surface area contributed by atoms with Gasteiger partial charge in [-0.05, 0) is 47.0 Å². The molecule has 206 valence electrons. The van der Waals surface area contributed by atoms with Gasteiger partial charge in [-0.1, -0.05) is 6.07 Å². The maximum atomic E-state index is 13.4. The second-order valence-electron chi connectivity index (χ2n) is 9.66. The zero-order valence-corrected chi connectivity index (χ0v) is 21.4. The van der Waals surface area contributed by atoms with E-state index in [1.807, 2.05) is 0 Å². The number of hydrogen-bond donors (Lipinski definition) is 2. The van der Waals surface area contributed by atoms with Crippen LogP contribution in [0, 0.1) is 22.0 Å². The lowest BCUT2D eigenvalue weighted by molar-refractivity contribution is -0.384. The summed E-state index contributed by atoms with van der Waals surface area (Å²) in [6.45, 7) is 0.0590. The molecule has 0 saturated carbocycles. The van der Waals surface area contributed by atoms with Crippen LogP contribution in [0.25, 0.3) is 0 Å². The molecule has 1 amide bonds. The van der Waals surface area contributed by atoms with Crippen molar-refractivity contribution in [3.63, 3.8) is 0 Å². The molecule has 2 aliphatic heterocycles. The van der Waals surface area contributed by atoms with Crippen molar-refractivity contribution < 1.29 is 43.3 Å². The van der Waals surface area contributed by atoms with Gasteiger partial charge in [-0.3, -0.25) is 19.7 Å². The summed E-state index contributed by atoms with van der Waals surface area (Å²) in [6.07, 6.45) is 0. The van der Waals surface area contributed by atoms with Crippen molar-refractivity contribution in [3.05, 3.63) is 80.9 Å². The molecule has 0 aromatic heterocycles. The molecule has 3 aromatic carbocycles. The van der Waals surface area contributed by atoms with Crippen LogP contribution >= 0.6 is 0 Å². The average Bonchev–Trinajstić information content (AvgIpc) is 3.58. The van der Waals surface area contributed by atoms with E-state index in [9.17, 15) is 24.8 Å². The van der Waals surface area contributed by atoms with Crippen LogP contribution in [0.3, 0.4) is 0 Å². The molecule has 0 unspecified atom stereocenters. The Morgan fingerprint density at radius 3 is 2.35 bits per heavy atom. The fourth-order valence-electron chi connectivity index (χ4n) is 5.83. The Kier molecular flexibility index (Phi) is 6.09. The van der Waals surface area contributed by atoms with Crippen LogP contribution in [0.4, 0.5) is 5.69 Å². The number of hydrogen-bond acceptors (Lipinski definition) is 10. The number of carbonyl (C=O) groups excluding carboxylic acids is 2. The van der Waals surface area contributed by atoms with Gasteiger partial charge in [0.2, 0.25) is 12.5 Å². The molecule has 1 aliphatic carbocycles. The number of nitrogens with one attached hydrogen (secondary N) is 1. The van der Waals surface area contributed by atoms with E-state index in [1.165, 1.54) is 38.5 Å². The summed E-state index contributed by atoms with van der Waals surface area (Å²) in [5.74, 6) is -1.64. The van der Waals surface area contributed by atoms with Crippen molar-refractivity contribution in [2.45, 2.75) is 12.0 Å². The van der Waals surface area contributed by atoms with E-state index in [2.05, 4.69) is 5.32 Å². The first-order valence-electron chi connectivity index (χ1n) is 12.4. The number of nitrogens with zero attached hydrogens (tertiary/aromatic N) is 1. The summed E-state index contributed by atoms with van der Waals surface area (Å²) in [5, 5.41) is 24.8. The van der Waals surface area contributed by atoms with E-state index in [0.717, 1.165) is 0 Å². The third kappa shape index (κ3) is 3.99. The number of esters is 1. The SMILES string of the molecule is COc1cc([C@@H]2c3cc4c(cc3[C@@H](NC(=O)c3cccc([N+](=O)[O-])c3)[C@H]3COC(=O)[C@H]23)OCO4)cc(OC)c1O. The number of non-ortho nitro benzene ring substituents is 1. The molecule has 4 atom stereocenters. The number of carbonyl (C=O) groups is 2. The Labute approximate surface area is 227 Å². The summed E-state index contributed by atoms with van der Waals surface area (Å²) in [5.41, 5.74) is 1.88. The monoisotopic (exact) mass is 548 g/mol. The Morgan fingerprint density at radius 1 is 1.02 bits per heavy atom. The van der Waals surface area contributed by atoms with Crippen LogP contribution in [0.2, 0.25) is 0 Å². The van der Waals surface area contributed by atoms with Crippen LogP contribution < -0.4 is 24.3 Å². The summed E-state index contributed by atoms with van der Waals surface area (Å²) in [4.78, 5) is 37.3. The van der Waals surface area contributed by atoms with Gasteiger partial charge in [0, 0.05) is 29.5 Å². The molecule has 2 heterocycles. The minimum absolute atomic E-state index is 0.0172. The highest BCUT2D eigenvalue weighted by molar-refractivity contribution is 5.95. The molecular weight excluding hydrogens is 524 g/mol. The lowest BCUT2D eigenvalue weighted by Gasteiger charge is -2.39. The summed E-state index contributed by atoms with van der Waals surface area (Å²) >= 11 is 0. The van der Waals surface area contributed by atoms with Gasteiger partial charge in [0.05, 0.1) is 37.7 Å². The average molecular weight is 549 g/mol. The van der Waals surface area contributed by atoms with Gasteiger partial charge >= 0.3 is 5.97 Å². The molecule has 12 heteroatoms. The Morgan fingerprint density at radius 2 is 1.70 bits per heavy atom. The zero-order chi connectivity index (χ0) is 28.1. The van der Waals surface area contributed by atoms with E-state index in [0.29, 0.717) is 28.2 Å². The Bertz CT molecular complexity index is 1530. The number of rotatable bonds is 6. The number of cyclic esters (lactones) is 1. The molecule has 6 rings (SSSR count). The quantitative estimate of drug-likeness (QED) is 0.266. The van der Waals surface area contributed by atoms with Gasteiger partial charge in [0.15, 0.2) is 23.0 Å². The zero-order valence-electron chi connectivity index (χ0n) is 21.4. The number of aromatic hydroxyl groups is 1. The number of methoxy groups -OCH3 is 2. The number of nitro benzene ring substituents is 1. The Hall–Kier alpha value is -5.00. The number of benzene rings is 3. The molecule has 1 saturated heterocycles. The van der Waals surface area contributed by atoms with Crippen LogP contribution in [0.5, 0.6) is 28.7 Å². The standard InChI is InChI=1S/C28H24N2O10/c1-36-21-7-14(8-22(37-2)26(21)31)23-16-9-19-20(40-12-39-19)10-17(16)25(18-11-38-28(33)24(18)23)29-27(32)13-4-3-5-15(6-13)30(34)35/h3-10,18,23-25,31H,11-12H2,1-2H3,(H,29,32)/t18-,23+,24-,25+/m0/s1.